The second kappa shape index (κ2) is 5.31. The van der Waals surface area contributed by atoms with Crippen LogP contribution in [0.15, 0.2) is 36.7 Å². The van der Waals surface area contributed by atoms with Crippen molar-refractivity contribution in [3.8, 4) is 11.1 Å². The highest BCUT2D eigenvalue weighted by Gasteiger charge is 2.20. The highest BCUT2D eigenvalue weighted by Crippen LogP contribution is 2.24. The van der Waals surface area contributed by atoms with Crippen molar-refractivity contribution in [3.63, 3.8) is 0 Å². The van der Waals surface area contributed by atoms with E-state index in [1.54, 1.807) is 6.20 Å². The van der Waals surface area contributed by atoms with Crippen molar-refractivity contribution in [1.82, 2.24) is 20.1 Å². The highest BCUT2D eigenvalue weighted by atomic mass is 16.5. The molecule has 22 heavy (non-hydrogen) atoms. The highest BCUT2D eigenvalue weighted by molar-refractivity contribution is 5.98. The fourth-order valence-electron chi connectivity index (χ4n) is 2.77. The number of benzene rings is 1. The van der Waals surface area contributed by atoms with E-state index in [9.17, 15) is 4.79 Å². The van der Waals surface area contributed by atoms with Gasteiger partial charge < -0.3 is 14.6 Å². The molecule has 0 spiro atoms. The number of ether oxygens (including phenoxy) is 1. The van der Waals surface area contributed by atoms with Gasteiger partial charge in [-0.05, 0) is 17.7 Å². The van der Waals surface area contributed by atoms with E-state index in [4.69, 9.17) is 4.74 Å². The van der Waals surface area contributed by atoms with Gasteiger partial charge in [-0.1, -0.05) is 12.1 Å². The third kappa shape index (κ3) is 2.27. The van der Waals surface area contributed by atoms with Crippen LogP contribution in [0.2, 0.25) is 0 Å². The van der Waals surface area contributed by atoms with E-state index < -0.39 is 0 Å². The number of hydrogen-bond donors (Lipinski definition) is 2. The molecule has 0 saturated carbocycles. The Balaban J connectivity index is 1.67. The molecule has 0 atom stereocenters. The standard InChI is InChI=1S/C16H16N4O2/c21-16(20-3-5-22-6-4-20)15-8-12-2-1-11(7-14(12)19-15)13-9-17-18-10-13/h1-2,7-10,19H,3-6H2,(H,17,18). The Morgan fingerprint density at radius 2 is 2.05 bits per heavy atom. The molecule has 0 unspecified atom stereocenters. The molecule has 2 aromatic heterocycles. The molecule has 112 valence electrons. The smallest absolute Gasteiger partial charge is 0.270 e. The first-order valence-corrected chi connectivity index (χ1v) is 7.30. The third-order valence-corrected chi connectivity index (χ3v) is 3.98. The number of carbonyl (C=O) groups is 1. The van der Waals surface area contributed by atoms with Crippen LogP contribution in [-0.4, -0.2) is 52.3 Å². The zero-order valence-electron chi connectivity index (χ0n) is 12.0. The van der Waals surface area contributed by atoms with Gasteiger partial charge in [0.05, 0.1) is 19.4 Å². The van der Waals surface area contributed by atoms with E-state index in [2.05, 4.69) is 15.2 Å². The molecule has 0 radical (unpaired) electrons. The number of carbonyl (C=O) groups excluding carboxylic acids is 1. The van der Waals surface area contributed by atoms with Crippen LogP contribution in [0.5, 0.6) is 0 Å². The predicted molar refractivity (Wildman–Crippen MR) is 82.6 cm³/mol. The number of rotatable bonds is 2. The lowest BCUT2D eigenvalue weighted by molar-refractivity contribution is 0.0299. The van der Waals surface area contributed by atoms with Crippen molar-refractivity contribution < 1.29 is 9.53 Å². The Morgan fingerprint density at radius 3 is 2.82 bits per heavy atom. The van der Waals surface area contributed by atoms with E-state index in [-0.39, 0.29) is 5.91 Å². The SMILES string of the molecule is O=C(c1cc2ccc(-c3cn[nH]c3)cc2[nH]1)N1CCOCC1. The van der Waals surface area contributed by atoms with Gasteiger partial charge in [-0.15, -0.1) is 0 Å². The average molecular weight is 296 g/mol. The number of morpholine rings is 1. The van der Waals surface area contributed by atoms with Crippen molar-refractivity contribution in [3.05, 3.63) is 42.4 Å². The summed E-state index contributed by atoms with van der Waals surface area (Å²) in [4.78, 5) is 17.6. The summed E-state index contributed by atoms with van der Waals surface area (Å²) in [7, 11) is 0. The number of hydrogen-bond acceptors (Lipinski definition) is 3. The van der Waals surface area contributed by atoms with Gasteiger partial charge in [0.2, 0.25) is 0 Å². The molecule has 1 aliphatic rings. The van der Waals surface area contributed by atoms with Gasteiger partial charge in [-0.3, -0.25) is 9.89 Å². The number of nitrogens with zero attached hydrogens (tertiary/aromatic N) is 2. The molecule has 3 heterocycles. The Labute approximate surface area is 127 Å². The molecule has 1 amide bonds. The molecule has 1 saturated heterocycles. The number of nitrogens with one attached hydrogen (secondary N) is 2. The van der Waals surface area contributed by atoms with E-state index in [1.807, 2.05) is 35.4 Å². The topological polar surface area (TPSA) is 74.0 Å². The molecular formula is C16H16N4O2. The Hall–Kier alpha value is -2.60. The van der Waals surface area contributed by atoms with Gasteiger partial charge in [0.1, 0.15) is 5.69 Å². The molecule has 3 aromatic rings. The second-order valence-corrected chi connectivity index (χ2v) is 5.38. The summed E-state index contributed by atoms with van der Waals surface area (Å²) >= 11 is 0. The predicted octanol–water partition coefficient (Wildman–Crippen LogP) is 2.03. The Kier molecular flexibility index (Phi) is 3.16. The summed E-state index contributed by atoms with van der Waals surface area (Å²) < 4.78 is 5.29. The molecule has 0 bridgehead atoms. The monoisotopic (exact) mass is 296 g/mol. The third-order valence-electron chi connectivity index (χ3n) is 3.98. The second-order valence-electron chi connectivity index (χ2n) is 5.38. The van der Waals surface area contributed by atoms with E-state index in [1.165, 1.54) is 0 Å². The maximum atomic E-state index is 12.5. The van der Waals surface area contributed by atoms with Crippen molar-refractivity contribution in [2.75, 3.05) is 26.3 Å². The largest absolute Gasteiger partial charge is 0.378 e. The van der Waals surface area contributed by atoms with Crippen molar-refractivity contribution in [1.29, 1.82) is 0 Å². The number of aromatic amines is 2. The molecule has 1 fully saturated rings. The Bertz CT molecular complexity index is 801. The van der Waals surface area contributed by atoms with Crippen molar-refractivity contribution in [2.45, 2.75) is 0 Å². The number of H-pyrrole nitrogens is 2. The molecule has 0 aliphatic carbocycles. The van der Waals surface area contributed by atoms with Crippen LogP contribution >= 0.6 is 0 Å². The summed E-state index contributed by atoms with van der Waals surface area (Å²) in [6.07, 6.45) is 3.63. The lowest BCUT2D eigenvalue weighted by Gasteiger charge is -2.26. The minimum Gasteiger partial charge on any atom is -0.378 e. The van der Waals surface area contributed by atoms with Crippen LogP contribution in [0.25, 0.3) is 22.0 Å². The van der Waals surface area contributed by atoms with Gasteiger partial charge in [0.25, 0.3) is 5.91 Å². The fraction of sp³-hybridized carbons (Fsp3) is 0.250. The number of aromatic nitrogens is 3. The van der Waals surface area contributed by atoms with E-state index >= 15 is 0 Å². The zero-order chi connectivity index (χ0) is 14.9. The Morgan fingerprint density at radius 1 is 1.18 bits per heavy atom. The molecule has 6 heteroatoms. The summed E-state index contributed by atoms with van der Waals surface area (Å²) in [5.74, 6) is 0.0318. The van der Waals surface area contributed by atoms with E-state index in [0.717, 1.165) is 22.0 Å². The molecule has 4 rings (SSSR count). The first-order chi connectivity index (χ1) is 10.8. The van der Waals surface area contributed by atoms with Gasteiger partial charge in [0.15, 0.2) is 0 Å². The van der Waals surface area contributed by atoms with E-state index in [0.29, 0.717) is 32.0 Å². The normalized spacial score (nSPS) is 15.4. The van der Waals surface area contributed by atoms with Crippen LogP contribution in [0, 0.1) is 0 Å². The first kappa shape index (κ1) is 13.1. The first-order valence-electron chi connectivity index (χ1n) is 7.30. The van der Waals surface area contributed by atoms with Gasteiger partial charge in [-0.2, -0.15) is 5.10 Å². The minimum atomic E-state index is 0.0318. The van der Waals surface area contributed by atoms with Gasteiger partial charge >= 0.3 is 0 Å². The zero-order valence-corrected chi connectivity index (χ0v) is 12.0. The molecule has 6 nitrogen and oxygen atoms in total. The number of amides is 1. The summed E-state index contributed by atoms with van der Waals surface area (Å²) in [5.41, 5.74) is 3.67. The molecule has 1 aromatic carbocycles. The van der Waals surface area contributed by atoms with Crippen LogP contribution in [0.3, 0.4) is 0 Å². The summed E-state index contributed by atoms with van der Waals surface area (Å²) in [6.45, 7) is 2.51. The summed E-state index contributed by atoms with van der Waals surface area (Å²) in [5, 5.41) is 7.81. The minimum absolute atomic E-state index is 0.0318. The molecule has 1 aliphatic heterocycles. The van der Waals surface area contributed by atoms with Gasteiger partial charge in [0, 0.05) is 35.8 Å². The van der Waals surface area contributed by atoms with Crippen LogP contribution in [0.1, 0.15) is 10.5 Å². The van der Waals surface area contributed by atoms with Crippen LogP contribution < -0.4 is 0 Å². The lowest BCUT2D eigenvalue weighted by Crippen LogP contribution is -2.40. The maximum Gasteiger partial charge on any atom is 0.270 e. The van der Waals surface area contributed by atoms with Crippen LogP contribution in [-0.2, 0) is 4.74 Å². The quantitative estimate of drug-likeness (QED) is 0.760. The van der Waals surface area contributed by atoms with Crippen LogP contribution in [0.4, 0.5) is 0 Å². The fourth-order valence-corrected chi connectivity index (χ4v) is 2.77. The number of fused-ring (bicyclic) bond motifs is 1. The lowest BCUT2D eigenvalue weighted by atomic mass is 10.1. The maximum absolute atomic E-state index is 12.5. The van der Waals surface area contributed by atoms with Crippen molar-refractivity contribution in [2.24, 2.45) is 0 Å². The molecule has 2 N–H and O–H groups in total. The average Bonchev–Trinajstić information content (AvgIpc) is 3.23. The van der Waals surface area contributed by atoms with Gasteiger partial charge in [-0.25, -0.2) is 0 Å². The molecular weight excluding hydrogens is 280 g/mol. The van der Waals surface area contributed by atoms with Crippen molar-refractivity contribution >= 4 is 16.8 Å². The summed E-state index contributed by atoms with van der Waals surface area (Å²) in [6, 6.07) is 8.00.